The van der Waals surface area contributed by atoms with Crippen molar-refractivity contribution in [1.29, 1.82) is 0 Å². The molecule has 0 atom stereocenters. The van der Waals surface area contributed by atoms with Crippen molar-refractivity contribution in [2.24, 2.45) is 0 Å². The van der Waals surface area contributed by atoms with E-state index in [0.29, 0.717) is 11.4 Å². The Kier molecular flexibility index (Phi) is 3.84. The highest BCUT2D eigenvalue weighted by Gasteiger charge is 2.08. The zero-order valence-corrected chi connectivity index (χ0v) is 8.51. The van der Waals surface area contributed by atoms with Gasteiger partial charge in [-0.1, -0.05) is 24.3 Å². The molecule has 0 aliphatic heterocycles. The molecule has 74 valence electrons. The Morgan fingerprint density at radius 1 is 1.57 bits per heavy atom. The summed E-state index contributed by atoms with van der Waals surface area (Å²) < 4.78 is 13.5. The Bertz CT molecular complexity index is 372. The lowest BCUT2D eigenvalue weighted by Gasteiger charge is -2.01. The van der Waals surface area contributed by atoms with Crippen LogP contribution in [0.3, 0.4) is 0 Å². The number of hydrogen-bond acceptors (Lipinski definition) is 1. The van der Waals surface area contributed by atoms with E-state index in [1.54, 1.807) is 24.3 Å². The van der Waals surface area contributed by atoms with Crippen LogP contribution in [0.2, 0.25) is 0 Å². The van der Waals surface area contributed by atoms with Crippen molar-refractivity contribution in [2.75, 3.05) is 5.88 Å². The minimum Gasteiger partial charge on any atom is -0.294 e. The number of rotatable bonds is 3. The molecule has 0 N–H and O–H groups in total. The highest BCUT2D eigenvalue weighted by atomic mass is 35.5. The molecule has 1 rings (SSSR count). The van der Waals surface area contributed by atoms with E-state index in [2.05, 4.69) is 0 Å². The van der Waals surface area contributed by atoms with Gasteiger partial charge in [-0.05, 0) is 13.0 Å². The molecule has 0 amide bonds. The Labute approximate surface area is 87.2 Å². The van der Waals surface area contributed by atoms with Gasteiger partial charge in [0.05, 0.1) is 5.56 Å². The number of hydrogen-bond donors (Lipinski definition) is 0. The number of ketones is 1. The van der Waals surface area contributed by atoms with E-state index in [9.17, 15) is 9.18 Å². The van der Waals surface area contributed by atoms with Crippen LogP contribution in [0.15, 0.2) is 24.3 Å². The number of halogens is 2. The molecule has 0 radical (unpaired) electrons. The molecular weight excluding hydrogens is 203 g/mol. The summed E-state index contributed by atoms with van der Waals surface area (Å²) >= 11 is 5.43. The summed E-state index contributed by atoms with van der Waals surface area (Å²) in [6.45, 7) is 1.34. The number of alkyl halides is 1. The monoisotopic (exact) mass is 212 g/mol. The average Bonchev–Trinajstić information content (AvgIpc) is 2.16. The average molecular weight is 213 g/mol. The molecule has 3 heteroatoms. The van der Waals surface area contributed by atoms with E-state index in [0.717, 1.165) is 0 Å². The quantitative estimate of drug-likeness (QED) is 0.555. The summed E-state index contributed by atoms with van der Waals surface area (Å²) in [7, 11) is 0. The molecule has 14 heavy (non-hydrogen) atoms. The summed E-state index contributed by atoms with van der Waals surface area (Å²) in [6, 6.07) is 4.72. The predicted molar refractivity (Wildman–Crippen MR) is 56.2 cm³/mol. The Morgan fingerprint density at radius 3 is 2.86 bits per heavy atom. The van der Waals surface area contributed by atoms with Crippen LogP contribution in [0, 0.1) is 5.82 Å². The van der Waals surface area contributed by atoms with Crippen LogP contribution in [0.25, 0.3) is 6.08 Å². The van der Waals surface area contributed by atoms with Crippen molar-refractivity contribution in [1.82, 2.24) is 0 Å². The third-order valence-corrected chi connectivity index (χ3v) is 1.97. The smallest absolute Gasteiger partial charge is 0.162 e. The fourth-order valence-electron chi connectivity index (χ4n) is 1.12. The van der Waals surface area contributed by atoms with Gasteiger partial charge in [0.15, 0.2) is 5.78 Å². The van der Waals surface area contributed by atoms with E-state index in [1.165, 1.54) is 13.0 Å². The summed E-state index contributed by atoms with van der Waals surface area (Å²) in [4.78, 5) is 11.0. The molecule has 1 aromatic carbocycles. The highest BCUT2D eigenvalue weighted by molar-refractivity contribution is 6.19. The predicted octanol–water partition coefficient (Wildman–Crippen LogP) is 3.28. The number of benzene rings is 1. The van der Waals surface area contributed by atoms with Crippen LogP contribution in [0.1, 0.15) is 22.8 Å². The first-order valence-electron chi connectivity index (χ1n) is 4.18. The highest BCUT2D eigenvalue weighted by Crippen LogP contribution is 2.14. The van der Waals surface area contributed by atoms with E-state index >= 15 is 0 Å². The first kappa shape index (κ1) is 10.9. The molecule has 0 aromatic heterocycles. The molecule has 0 unspecified atom stereocenters. The van der Waals surface area contributed by atoms with E-state index < -0.39 is 5.82 Å². The Balaban J connectivity index is 3.14. The van der Waals surface area contributed by atoms with Crippen LogP contribution in [-0.2, 0) is 0 Å². The van der Waals surface area contributed by atoms with Gasteiger partial charge in [0.25, 0.3) is 0 Å². The van der Waals surface area contributed by atoms with Crippen molar-refractivity contribution in [3.8, 4) is 0 Å². The molecule has 0 spiro atoms. The molecule has 0 aliphatic carbocycles. The summed E-state index contributed by atoms with van der Waals surface area (Å²) in [5, 5.41) is 0. The largest absolute Gasteiger partial charge is 0.294 e. The lowest BCUT2D eigenvalue weighted by Crippen LogP contribution is -1.98. The van der Waals surface area contributed by atoms with Crippen LogP contribution in [-0.4, -0.2) is 11.7 Å². The number of carbonyl (C=O) groups is 1. The van der Waals surface area contributed by atoms with E-state index in [-0.39, 0.29) is 11.3 Å². The van der Waals surface area contributed by atoms with Crippen molar-refractivity contribution >= 4 is 23.5 Å². The number of Topliss-reactive ketones (excluding diaryl/α,β-unsaturated/α-hetero) is 1. The van der Waals surface area contributed by atoms with Crippen molar-refractivity contribution < 1.29 is 9.18 Å². The van der Waals surface area contributed by atoms with Gasteiger partial charge in [-0.3, -0.25) is 4.79 Å². The first-order valence-corrected chi connectivity index (χ1v) is 4.72. The molecule has 0 saturated carbocycles. The Morgan fingerprint density at radius 2 is 2.29 bits per heavy atom. The van der Waals surface area contributed by atoms with E-state index in [1.807, 2.05) is 0 Å². The molecule has 0 bridgehead atoms. The van der Waals surface area contributed by atoms with Gasteiger partial charge >= 0.3 is 0 Å². The van der Waals surface area contributed by atoms with Gasteiger partial charge in [-0.25, -0.2) is 4.39 Å². The van der Waals surface area contributed by atoms with Gasteiger partial charge in [0, 0.05) is 11.4 Å². The van der Waals surface area contributed by atoms with Crippen molar-refractivity contribution in [3.63, 3.8) is 0 Å². The summed E-state index contributed by atoms with van der Waals surface area (Å²) in [6.07, 6.45) is 3.19. The topological polar surface area (TPSA) is 17.1 Å². The minimum atomic E-state index is -0.485. The summed E-state index contributed by atoms with van der Waals surface area (Å²) in [5.41, 5.74) is 0.500. The molecular formula is C11H10ClFO. The third-order valence-electron chi connectivity index (χ3n) is 1.79. The van der Waals surface area contributed by atoms with Gasteiger partial charge < -0.3 is 0 Å². The standard InChI is InChI=1S/C11H10ClFO/c1-8(14)10-6-2-4-9(11(10)13)5-3-7-12/h2-6H,7H2,1H3. The van der Waals surface area contributed by atoms with Crippen LogP contribution >= 0.6 is 11.6 Å². The maximum Gasteiger partial charge on any atom is 0.162 e. The third kappa shape index (κ3) is 2.42. The van der Waals surface area contributed by atoms with Crippen LogP contribution in [0.4, 0.5) is 4.39 Å². The minimum absolute atomic E-state index is 0.113. The molecule has 1 nitrogen and oxygen atoms in total. The molecule has 0 fully saturated rings. The van der Waals surface area contributed by atoms with Crippen LogP contribution in [0.5, 0.6) is 0 Å². The molecule has 0 aliphatic rings. The maximum atomic E-state index is 13.5. The zero-order valence-electron chi connectivity index (χ0n) is 7.76. The first-order chi connectivity index (χ1) is 6.66. The lowest BCUT2D eigenvalue weighted by molar-refractivity contribution is 0.101. The van der Waals surface area contributed by atoms with Gasteiger partial charge in [-0.15, -0.1) is 11.6 Å². The van der Waals surface area contributed by atoms with Gasteiger partial charge in [-0.2, -0.15) is 0 Å². The molecule has 0 heterocycles. The van der Waals surface area contributed by atoms with Gasteiger partial charge in [0.1, 0.15) is 5.82 Å². The van der Waals surface area contributed by atoms with Gasteiger partial charge in [0.2, 0.25) is 0 Å². The van der Waals surface area contributed by atoms with E-state index in [4.69, 9.17) is 11.6 Å². The zero-order chi connectivity index (χ0) is 10.6. The second-order valence-electron chi connectivity index (χ2n) is 2.82. The molecule has 0 saturated heterocycles. The number of carbonyl (C=O) groups excluding carboxylic acids is 1. The summed E-state index contributed by atoms with van der Waals surface area (Å²) in [5.74, 6) is -0.436. The number of allylic oxidation sites excluding steroid dienone is 1. The second-order valence-corrected chi connectivity index (χ2v) is 3.13. The maximum absolute atomic E-state index is 13.5. The van der Waals surface area contributed by atoms with Crippen LogP contribution < -0.4 is 0 Å². The Hall–Kier alpha value is -1.15. The fraction of sp³-hybridized carbons (Fsp3) is 0.182. The fourth-order valence-corrected chi connectivity index (χ4v) is 1.21. The molecule has 1 aromatic rings. The van der Waals surface area contributed by atoms with Crippen molar-refractivity contribution in [3.05, 3.63) is 41.2 Å². The SMILES string of the molecule is CC(=O)c1cccc(C=CCCl)c1F. The second kappa shape index (κ2) is 4.91. The lowest BCUT2D eigenvalue weighted by atomic mass is 10.1. The van der Waals surface area contributed by atoms with Crippen molar-refractivity contribution in [2.45, 2.75) is 6.92 Å². The normalized spacial score (nSPS) is 10.8.